The van der Waals surface area contributed by atoms with Crippen LogP contribution in [0.25, 0.3) is 0 Å². The van der Waals surface area contributed by atoms with E-state index in [4.69, 9.17) is 5.11 Å². The molecule has 6 nitrogen and oxygen atoms in total. The van der Waals surface area contributed by atoms with Gasteiger partial charge in [-0.25, -0.2) is 9.48 Å². The van der Waals surface area contributed by atoms with Gasteiger partial charge in [-0.15, -0.1) is 5.10 Å². The third-order valence-corrected chi connectivity index (χ3v) is 5.07. The summed E-state index contributed by atoms with van der Waals surface area (Å²) >= 11 is 0. The molecule has 2 atom stereocenters. The van der Waals surface area contributed by atoms with E-state index in [0.29, 0.717) is 0 Å². The van der Waals surface area contributed by atoms with Crippen molar-refractivity contribution in [2.45, 2.75) is 58.2 Å². The first-order chi connectivity index (χ1) is 11.6. The number of aromatic carboxylic acids is 1. The molecule has 0 amide bonds. The van der Waals surface area contributed by atoms with Crippen LogP contribution in [-0.4, -0.2) is 32.1 Å². The van der Waals surface area contributed by atoms with E-state index in [1.807, 2.05) is 0 Å². The molecule has 1 saturated carbocycles. The van der Waals surface area contributed by atoms with Crippen molar-refractivity contribution in [2.24, 2.45) is 0 Å². The zero-order valence-corrected chi connectivity index (χ0v) is 14.2. The van der Waals surface area contributed by atoms with Gasteiger partial charge in [0, 0.05) is 12.6 Å². The third-order valence-electron chi connectivity index (χ3n) is 5.07. The van der Waals surface area contributed by atoms with E-state index in [0.717, 1.165) is 25.8 Å². The maximum absolute atomic E-state index is 11.0. The Labute approximate surface area is 141 Å². The van der Waals surface area contributed by atoms with E-state index in [2.05, 4.69) is 47.7 Å². The largest absolute Gasteiger partial charge is 0.476 e. The zero-order valence-electron chi connectivity index (χ0n) is 14.2. The van der Waals surface area contributed by atoms with Crippen molar-refractivity contribution in [2.75, 3.05) is 0 Å². The van der Waals surface area contributed by atoms with Crippen LogP contribution in [0.15, 0.2) is 24.4 Å². The minimum absolute atomic E-state index is 0.00820. The fourth-order valence-corrected chi connectivity index (χ4v) is 3.45. The van der Waals surface area contributed by atoms with Crippen molar-refractivity contribution >= 4 is 5.97 Å². The molecule has 128 valence electrons. The van der Waals surface area contributed by atoms with Crippen molar-refractivity contribution in [1.29, 1.82) is 0 Å². The highest BCUT2D eigenvalue weighted by Crippen LogP contribution is 2.28. The smallest absolute Gasteiger partial charge is 0.358 e. The van der Waals surface area contributed by atoms with Gasteiger partial charge in [0.15, 0.2) is 5.69 Å². The van der Waals surface area contributed by atoms with E-state index < -0.39 is 5.97 Å². The van der Waals surface area contributed by atoms with Gasteiger partial charge in [0.05, 0.1) is 12.2 Å². The van der Waals surface area contributed by atoms with Gasteiger partial charge in [0.2, 0.25) is 0 Å². The molecular formula is C18H24N4O2. The van der Waals surface area contributed by atoms with Gasteiger partial charge in [0.25, 0.3) is 0 Å². The first kappa shape index (κ1) is 16.6. The summed E-state index contributed by atoms with van der Waals surface area (Å²) in [5, 5.41) is 20.5. The molecule has 1 aromatic heterocycles. The maximum atomic E-state index is 11.0. The van der Waals surface area contributed by atoms with Gasteiger partial charge in [-0.1, -0.05) is 36.3 Å². The van der Waals surface area contributed by atoms with Crippen molar-refractivity contribution < 1.29 is 9.90 Å². The third kappa shape index (κ3) is 3.48. The second-order valence-corrected chi connectivity index (χ2v) is 6.59. The van der Waals surface area contributed by atoms with Gasteiger partial charge < -0.3 is 10.4 Å². The molecule has 1 fully saturated rings. The van der Waals surface area contributed by atoms with Crippen molar-refractivity contribution in [1.82, 2.24) is 20.3 Å². The molecule has 1 aliphatic carbocycles. The van der Waals surface area contributed by atoms with Crippen LogP contribution in [0.3, 0.4) is 0 Å². The molecule has 0 aliphatic heterocycles. The molecule has 2 aromatic rings. The second kappa shape index (κ2) is 7.13. The van der Waals surface area contributed by atoms with Gasteiger partial charge in [-0.2, -0.15) is 0 Å². The molecule has 2 N–H and O–H groups in total. The predicted octanol–water partition coefficient (Wildman–Crippen LogP) is 2.87. The Kier molecular flexibility index (Phi) is 4.94. The lowest BCUT2D eigenvalue weighted by Crippen LogP contribution is -2.39. The summed E-state index contributed by atoms with van der Waals surface area (Å²) in [6.07, 6.45) is 5.92. The summed E-state index contributed by atoms with van der Waals surface area (Å²) in [7, 11) is 0. The molecule has 0 bridgehead atoms. The molecule has 0 saturated heterocycles. The molecule has 0 radical (unpaired) electrons. The second-order valence-electron chi connectivity index (χ2n) is 6.59. The summed E-state index contributed by atoms with van der Waals surface area (Å²) in [4.78, 5) is 11.0. The van der Waals surface area contributed by atoms with E-state index in [1.165, 1.54) is 23.1 Å². The number of aryl methyl sites for hydroxylation is 1. The highest BCUT2D eigenvalue weighted by molar-refractivity contribution is 5.84. The standard InChI is InChI=1S/C18H24N4O2/c1-12-6-5-7-14(13(12)2)10-19-15-8-3-4-9-17(15)22-11-16(18(23)24)20-21-22/h5-7,11,15,17,19H,3-4,8-10H2,1-2H3,(H,23,24)/t15-,17+/m1/s1. The van der Waals surface area contributed by atoms with Gasteiger partial charge >= 0.3 is 5.97 Å². The average Bonchev–Trinajstić information content (AvgIpc) is 3.07. The molecule has 3 rings (SSSR count). The number of carboxylic acids is 1. The molecule has 0 spiro atoms. The summed E-state index contributed by atoms with van der Waals surface area (Å²) in [5.74, 6) is -1.03. The average molecular weight is 328 g/mol. The van der Waals surface area contributed by atoms with Crippen molar-refractivity contribution in [3.8, 4) is 0 Å². The van der Waals surface area contributed by atoms with Gasteiger partial charge in [0.1, 0.15) is 0 Å². The highest BCUT2D eigenvalue weighted by Gasteiger charge is 2.28. The maximum Gasteiger partial charge on any atom is 0.358 e. The molecule has 1 aromatic carbocycles. The Morgan fingerprint density at radius 2 is 2.12 bits per heavy atom. The summed E-state index contributed by atoms with van der Waals surface area (Å²) < 4.78 is 1.73. The summed E-state index contributed by atoms with van der Waals surface area (Å²) in [5.41, 5.74) is 3.95. The number of hydrogen-bond donors (Lipinski definition) is 2. The van der Waals surface area contributed by atoms with Gasteiger partial charge in [-0.05, 0) is 43.4 Å². The minimum Gasteiger partial charge on any atom is -0.476 e. The molecule has 24 heavy (non-hydrogen) atoms. The minimum atomic E-state index is -1.03. The molecule has 0 unspecified atom stereocenters. The van der Waals surface area contributed by atoms with Crippen LogP contribution in [0.1, 0.15) is 58.9 Å². The molecule has 1 heterocycles. The van der Waals surface area contributed by atoms with Crippen LogP contribution >= 0.6 is 0 Å². The lowest BCUT2D eigenvalue weighted by molar-refractivity contribution is 0.0690. The molecular weight excluding hydrogens is 304 g/mol. The number of hydrogen-bond acceptors (Lipinski definition) is 4. The quantitative estimate of drug-likeness (QED) is 0.882. The number of carboxylic acid groups (broad SMARTS) is 1. The van der Waals surface area contributed by atoms with Crippen LogP contribution in [0.4, 0.5) is 0 Å². The number of nitrogens with zero attached hydrogens (tertiary/aromatic N) is 3. The zero-order chi connectivity index (χ0) is 17.1. The van der Waals surface area contributed by atoms with Crippen molar-refractivity contribution in [3.63, 3.8) is 0 Å². The van der Waals surface area contributed by atoms with E-state index in [9.17, 15) is 4.79 Å². The molecule has 6 heteroatoms. The Balaban J connectivity index is 1.72. The topological polar surface area (TPSA) is 80.0 Å². The lowest BCUT2D eigenvalue weighted by Gasteiger charge is -2.32. The number of carbonyl (C=O) groups is 1. The van der Waals surface area contributed by atoms with E-state index in [-0.39, 0.29) is 17.8 Å². The van der Waals surface area contributed by atoms with Gasteiger partial charge in [-0.3, -0.25) is 0 Å². The summed E-state index contributed by atoms with van der Waals surface area (Å²) in [6, 6.07) is 6.82. The number of nitrogens with one attached hydrogen (secondary N) is 1. The first-order valence-electron chi connectivity index (χ1n) is 8.50. The number of aromatic nitrogens is 3. The monoisotopic (exact) mass is 328 g/mol. The Hall–Kier alpha value is -2.21. The first-order valence-corrected chi connectivity index (χ1v) is 8.50. The van der Waals surface area contributed by atoms with Crippen LogP contribution in [-0.2, 0) is 6.54 Å². The van der Waals surface area contributed by atoms with E-state index in [1.54, 1.807) is 10.9 Å². The van der Waals surface area contributed by atoms with E-state index >= 15 is 0 Å². The van der Waals surface area contributed by atoms with Crippen LogP contribution in [0, 0.1) is 13.8 Å². The van der Waals surface area contributed by atoms with Crippen molar-refractivity contribution in [3.05, 3.63) is 46.8 Å². The SMILES string of the molecule is Cc1cccc(CN[C@@H]2CCCC[C@@H]2n2cc(C(=O)O)nn2)c1C. The Morgan fingerprint density at radius 3 is 2.88 bits per heavy atom. The lowest BCUT2D eigenvalue weighted by atomic mass is 9.90. The van der Waals surface area contributed by atoms with Crippen LogP contribution < -0.4 is 5.32 Å². The number of benzene rings is 1. The Bertz CT molecular complexity index is 726. The fourth-order valence-electron chi connectivity index (χ4n) is 3.45. The van der Waals surface area contributed by atoms with Crippen LogP contribution in [0.2, 0.25) is 0 Å². The Morgan fingerprint density at radius 1 is 1.33 bits per heavy atom. The summed E-state index contributed by atoms with van der Waals surface area (Å²) in [6.45, 7) is 5.10. The molecule has 1 aliphatic rings. The highest BCUT2D eigenvalue weighted by atomic mass is 16.4. The predicted molar refractivity (Wildman–Crippen MR) is 91.0 cm³/mol. The fraction of sp³-hybridized carbons (Fsp3) is 0.500. The number of rotatable bonds is 5. The normalized spacial score (nSPS) is 20.9. The van der Waals surface area contributed by atoms with Crippen LogP contribution in [0.5, 0.6) is 0 Å².